The van der Waals surface area contributed by atoms with E-state index in [9.17, 15) is 0 Å². The van der Waals surface area contributed by atoms with Crippen molar-refractivity contribution >= 4 is 12.6 Å². The Kier molecular flexibility index (Phi) is 2.15. The first-order valence-corrected chi connectivity index (χ1v) is 6.96. The summed E-state index contributed by atoms with van der Waals surface area (Å²) in [5.74, 6) is 0.738. The third-order valence-corrected chi connectivity index (χ3v) is 5.65. The Morgan fingerprint density at radius 1 is 1.25 bits per heavy atom. The number of ether oxygens (including phenoxy) is 1. The van der Waals surface area contributed by atoms with E-state index >= 15 is 0 Å². The van der Waals surface area contributed by atoms with E-state index in [2.05, 4.69) is 45.6 Å². The van der Waals surface area contributed by atoms with Crippen LogP contribution in [0.25, 0.3) is 0 Å². The van der Waals surface area contributed by atoms with E-state index in [1.807, 2.05) is 0 Å². The van der Waals surface area contributed by atoms with E-state index in [4.69, 9.17) is 4.74 Å². The molecule has 1 spiro atoms. The third-order valence-electron chi connectivity index (χ3n) is 5.29. The maximum absolute atomic E-state index is 6.49. The Balaban J connectivity index is 2.05. The first-order valence-electron chi connectivity index (χ1n) is 6.45. The smallest absolute Gasteiger partial charge is 0.0927 e. The zero-order valence-corrected chi connectivity index (χ0v) is 11.4. The van der Waals surface area contributed by atoms with Crippen molar-refractivity contribution in [2.24, 2.45) is 11.3 Å². The Labute approximate surface area is 104 Å². The average Bonchev–Trinajstić information content (AvgIpc) is 2.39. The van der Waals surface area contributed by atoms with Crippen LogP contribution in [0.3, 0.4) is 0 Å². The normalized spacial score (nSPS) is 53.8. The van der Waals surface area contributed by atoms with Gasteiger partial charge in [0.05, 0.1) is 11.2 Å². The summed E-state index contributed by atoms with van der Waals surface area (Å²) in [5.41, 5.74) is 0.378. The topological polar surface area (TPSA) is 9.23 Å². The van der Waals surface area contributed by atoms with E-state index in [1.165, 1.54) is 19.3 Å². The quantitative estimate of drug-likeness (QED) is 0.501. The van der Waals surface area contributed by atoms with E-state index in [-0.39, 0.29) is 11.2 Å². The molecule has 4 unspecified atom stereocenters. The van der Waals surface area contributed by atoms with Crippen molar-refractivity contribution in [2.75, 3.05) is 0 Å². The predicted octanol–water partition coefficient (Wildman–Crippen LogP) is 3.60. The van der Waals surface area contributed by atoms with Crippen LogP contribution in [0.5, 0.6) is 0 Å². The number of fused-ring (bicyclic) bond motifs is 1. The third kappa shape index (κ3) is 1.29. The minimum Gasteiger partial charge on any atom is -0.364 e. The molecule has 0 radical (unpaired) electrons. The Morgan fingerprint density at radius 3 is 2.75 bits per heavy atom. The van der Waals surface area contributed by atoms with Gasteiger partial charge in [-0.05, 0) is 45.4 Å². The molecule has 0 amide bonds. The summed E-state index contributed by atoms with van der Waals surface area (Å²) in [7, 11) is 0. The molecule has 3 aliphatic rings. The Hall–Kier alpha value is 0.0500. The number of hydrogen-bond acceptors (Lipinski definition) is 2. The molecule has 1 saturated carbocycles. The SMILES string of the molecule is CC1(C)OC23C=CC(S)CC2(C)CCC1C3. The summed E-state index contributed by atoms with van der Waals surface area (Å²) in [6.07, 6.45) is 9.56. The summed E-state index contributed by atoms with van der Waals surface area (Å²) < 4.78 is 6.49. The van der Waals surface area contributed by atoms with Crippen LogP contribution in [0.4, 0.5) is 0 Å². The minimum absolute atomic E-state index is 0.0125. The lowest BCUT2D eigenvalue weighted by molar-refractivity contribution is -0.122. The van der Waals surface area contributed by atoms with E-state index in [0.29, 0.717) is 10.7 Å². The van der Waals surface area contributed by atoms with Crippen molar-refractivity contribution in [1.29, 1.82) is 0 Å². The van der Waals surface area contributed by atoms with Crippen LogP contribution in [0.15, 0.2) is 12.2 Å². The van der Waals surface area contributed by atoms with Crippen LogP contribution in [0, 0.1) is 11.3 Å². The number of rotatable bonds is 0. The molecule has 90 valence electrons. The van der Waals surface area contributed by atoms with Crippen molar-refractivity contribution in [3.05, 3.63) is 12.2 Å². The van der Waals surface area contributed by atoms with Crippen LogP contribution in [0.2, 0.25) is 0 Å². The second-order valence-electron chi connectivity index (χ2n) is 6.73. The zero-order chi connectivity index (χ0) is 11.6. The molecule has 1 heterocycles. The summed E-state index contributed by atoms with van der Waals surface area (Å²) in [4.78, 5) is 0. The standard InChI is InChI=1S/C14H22OS/c1-12(2)10-4-6-13(3)9-11(16)5-7-14(13,8-10)15-12/h5,7,10-11,16H,4,6,8-9H2,1-3H3. The van der Waals surface area contributed by atoms with Crippen molar-refractivity contribution in [2.45, 2.75) is 62.9 Å². The maximum atomic E-state index is 6.49. The van der Waals surface area contributed by atoms with E-state index in [0.717, 1.165) is 12.3 Å². The summed E-state index contributed by atoms with van der Waals surface area (Å²) in [6, 6.07) is 0. The monoisotopic (exact) mass is 238 g/mol. The molecule has 1 nitrogen and oxygen atoms in total. The van der Waals surface area contributed by atoms with Gasteiger partial charge in [-0.15, -0.1) is 0 Å². The predicted molar refractivity (Wildman–Crippen MR) is 69.9 cm³/mol. The van der Waals surface area contributed by atoms with Crippen molar-refractivity contribution in [3.8, 4) is 0 Å². The lowest BCUT2D eigenvalue weighted by Gasteiger charge is -2.50. The zero-order valence-electron chi connectivity index (χ0n) is 10.5. The largest absolute Gasteiger partial charge is 0.364 e. The molecule has 0 aromatic rings. The lowest BCUT2D eigenvalue weighted by atomic mass is 9.58. The molecule has 1 saturated heterocycles. The van der Waals surface area contributed by atoms with Gasteiger partial charge in [0.25, 0.3) is 0 Å². The molecular weight excluding hydrogens is 216 g/mol. The molecule has 0 aromatic carbocycles. The summed E-state index contributed by atoms with van der Waals surface area (Å²) in [6.45, 7) is 6.93. The van der Waals surface area contributed by atoms with Crippen molar-refractivity contribution in [3.63, 3.8) is 0 Å². The van der Waals surface area contributed by atoms with Gasteiger partial charge in [0.15, 0.2) is 0 Å². The highest BCUT2D eigenvalue weighted by Gasteiger charge is 2.62. The number of thiol groups is 1. The average molecular weight is 238 g/mol. The number of hydrogen-bond donors (Lipinski definition) is 1. The molecule has 16 heavy (non-hydrogen) atoms. The van der Waals surface area contributed by atoms with Gasteiger partial charge in [-0.25, -0.2) is 0 Å². The molecule has 2 heteroatoms. The first kappa shape index (κ1) is 11.2. The van der Waals surface area contributed by atoms with Crippen LogP contribution in [-0.4, -0.2) is 16.5 Å². The van der Waals surface area contributed by atoms with E-state index < -0.39 is 0 Å². The van der Waals surface area contributed by atoms with Crippen LogP contribution in [-0.2, 0) is 4.74 Å². The highest BCUT2D eigenvalue weighted by molar-refractivity contribution is 7.81. The van der Waals surface area contributed by atoms with Gasteiger partial charge in [-0.2, -0.15) is 12.6 Å². The molecule has 2 bridgehead atoms. The minimum atomic E-state index is 0.0125. The molecule has 2 fully saturated rings. The summed E-state index contributed by atoms with van der Waals surface area (Å²) in [5, 5.41) is 0.416. The molecular formula is C14H22OS. The van der Waals surface area contributed by atoms with Crippen LogP contribution < -0.4 is 0 Å². The lowest BCUT2D eigenvalue weighted by Crippen LogP contribution is -2.50. The highest BCUT2D eigenvalue weighted by Crippen LogP contribution is 2.62. The highest BCUT2D eigenvalue weighted by atomic mass is 32.1. The van der Waals surface area contributed by atoms with Gasteiger partial charge >= 0.3 is 0 Å². The van der Waals surface area contributed by atoms with Crippen LogP contribution >= 0.6 is 12.6 Å². The van der Waals surface area contributed by atoms with Gasteiger partial charge in [0.1, 0.15) is 0 Å². The van der Waals surface area contributed by atoms with E-state index in [1.54, 1.807) is 0 Å². The molecule has 1 aliphatic heterocycles. The van der Waals surface area contributed by atoms with Crippen LogP contribution in [0.1, 0.15) is 46.5 Å². The maximum Gasteiger partial charge on any atom is 0.0927 e. The fraction of sp³-hybridized carbons (Fsp3) is 0.857. The molecule has 2 aliphatic carbocycles. The molecule has 0 N–H and O–H groups in total. The van der Waals surface area contributed by atoms with Gasteiger partial charge in [0, 0.05) is 10.7 Å². The first-order chi connectivity index (χ1) is 7.37. The fourth-order valence-corrected chi connectivity index (χ4v) is 4.59. The molecule has 0 aromatic heterocycles. The Morgan fingerprint density at radius 2 is 2.00 bits per heavy atom. The van der Waals surface area contributed by atoms with Crippen molar-refractivity contribution in [1.82, 2.24) is 0 Å². The second-order valence-corrected chi connectivity index (χ2v) is 7.39. The van der Waals surface area contributed by atoms with Gasteiger partial charge < -0.3 is 4.74 Å². The molecule has 3 rings (SSSR count). The summed E-state index contributed by atoms with van der Waals surface area (Å²) >= 11 is 4.62. The van der Waals surface area contributed by atoms with Gasteiger partial charge in [-0.3, -0.25) is 0 Å². The molecule has 4 atom stereocenters. The van der Waals surface area contributed by atoms with Gasteiger partial charge in [0.2, 0.25) is 0 Å². The fourth-order valence-electron chi connectivity index (χ4n) is 4.10. The second kappa shape index (κ2) is 3.08. The van der Waals surface area contributed by atoms with Gasteiger partial charge in [-0.1, -0.05) is 19.1 Å². The Bertz CT molecular complexity index is 349. The van der Waals surface area contributed by atoms with Crippen molar-refractivity contribution < 1.29 is 4.74 Å².